The molecule has 0 N–H and O–H groups in total. The molecule has 0 saturated carbocycles. The van der Waals surface area contributed by atoms with Crippen LogP contribution in [-0.2, 0) is 0 Å². The van der Waals surface area contributed by atoms with E-state index in [2.05, 4.69) is 56.6 Å². The van der Waals surface area contributed by atoms with Gasteiger partial charge in [-0.15, -0.1) is 6.58 Å². The summed E-state index contributed by atoms with van der Waals surface area (Å²) >= 11 is 0. The molecule has 0 saturated heterocycles. The topological polar surface area (TPSA) is 3.24 Å². The molecule has 0 aromatic heterocycles. The van der Waals surface area contributed by atoms with Crippen molar-refractivity contribution in [2.24, 2.45) is 0 Å². The number of nitrogens with zero attached hydrogens (tertiary/aromatic N) is 1. The molecule has 1 radical (unpaired) electrons. The second-order valence-corrected chi connectivity index (χ2v) is 15.2. The fourth-order valence-electron chi connectivity index (χ4n) is 1.56. The van der Waals surface area contributed by atoms with Crippen LogP contribution >= 0.6 is 0 Å². The quantitative estimate of drug-likeness (QED) is 0.629. The van der Waals surface area contributed by atoms with E-state index in [0.717, 1.165) is 0 Å². The molecule has 0 heterocycles. The van der Waals surface area contributed by atoms with Crippen molar-refractivity contribution in [2.45, 2.75) is 39.3 Å². The van der Waals surface area contributed by atoms with Crippen molar-refractivity contribution in [3.05, 3.63) is 19.2 Å². The first kappa shape index (κ1) is 12.1. The van der Waals surface area contributed by atoms with Gasteiger partial charge in [-0.1, -0.05) is 45.4 Å². The Morgan fingerprint density at radius 1 is 0.917 bits per heavy atom. The predicted molar refractivity (Wildman–Crippen MR) is 63.0 cm³/mol. The Hall–Kier alpha value is 0.134. The van der Waals surface area contributed by atoms with E-state index in [0.29, 0.717) is 0 Å². The summed E-state index contributed by atoms with van der Waals surface area (Å²) in [6.07, 6.45) is 1.91. The highest BCUT2D eigenvalue weighted by Gasteiger charge is 2.33. The second kappa shape index (κ2) is 3.89. The number of rotatable bonds is 4. The summed E-state index contributed by atoms with van der Waals surface area (Å²) in [6, 6.07) is 0. The minimum absolute atomic E-state index is 1.17. The Morgan fingerprint density at radius 2 is 1.25 bits per heavy atom. The molecule has 0 spiro atoms. The Morgan fingerprint density at radius 3 is 1.33 bits per heavy atom. The van der Waals surface area contributed by atoms with E-state index in [1.165, 1.54) is 0 Å². The predicted octanol–water partition coefficient (Wildman–Crippen LogP) is 3.31. The molecule has 3 heteroatoms. The Bertz CT molecular complexity index is 139. The fraction of sp³-hybridized carbons (Fsp3) is 0.667. The normalized spacial score (nSPS) is 13.6. The van der Waals surface area contributed by atoms with Crippen LogP contribution in [0.1, 0.15) is 0 Å². The van der Waals surface area contributed by atoms with Crippen molar-refractivity contribution in [2.75, 3.05) is 0 Å². The zero-order chi connectivity index (χ0) is 9.99. The highest BCUT2D eigenvalue weighted by molar-refractivity contribution is 6.89. The molecular formula is C9H22NSi2. The molecule has 0 bridgehead atoms. The molecule has 1 nitrogen and oxygen atoms in total. The van der Waals surface area contributed by atoms with Crippen molar-refractivity contribution >= 4 is 16.5 Å². The van der Waals surface area contributed by atoms with Crippen LogP contribution in [0.4, 0.5) is 0 Å². The summed E-state index contributed by atoms with van der Waals surface area (Å²) in [5, 5.41) is 0. The molecule has 71 valence electrons. The van der Waals surface area contributed by atoms with Gasteiger partial charge >= 0.3 is 0 Å². The summed E-state index contributed by atoms with van der Waals surface area (Å²) in [4.78, 5) is 0. The van der Waals surface area contributed by atoms with Crippen molar-refractivity contribution in [1.29, 1.82) is 0 Å². The molecule has 0 aliphatic heterocycles. The minimum atomic E-state index is -1.17. The van der Waals surface area contributed by atoms with Gasteiger partial charge in [-0.3, -0.25) is 0 Å². The molecule has 0 aliphatic carbocycles. The van der Waals surface area contributed by atoms with Crippen molar-refractivity contribution in [3.8, 4) is 0 Å². The Kier molecular flexibility index (Phi) is 3.94. The fourth-order valence-corrected chi connectivity index (χ4v) is 10.7. The summed E-state index contributed by atoms with van der Waals surface area (Å²) in [5.41, 5.74) is 0. The van der Waals surface area contributed by atoms with E-state index in [-0.39, 0.29) is 0 Å². The third kappa shape index (κ3) is 3.69. The molecule has 0 aromatic carbocycles. The van der Waals surface area contributed by atoms with Gasteiger partial charge in [0.2, 0.25) is 0 Å². The highest BCUT2D eigenvalue weighted by atomic mass is 28.4. The minimum Gasteiger partial charge on any atom is -0.338 e. The van der Waals surface area contributed by atoms with E-state index in [1.54, 1.807) is 0 Å². The van der Waals surface area contributed by atoms with Crippen LogP contribution < -0.4 is 0 Å². The monoisotopic (exact) mass is 200 g/mol. The van der Waals surface area contributed by atoms with Gasteiger partial charge in [0.25, 0.3) is 0 Å². The molecule has 0 fully saturated rings. The van der Waals surface area contributed by atoms with Gasteiger partial charge in [0.1, 0.15) is 16.5 Å². The lowest BCUT2D eigenvalue weighted by Crippen LogP contribution is -2.57. The summed E-state index contributed by atoms with van der Waals surface area (Å²) < 4.78 is 2.59. The van der Waals surface area contributed by atoms with E-state index < -0.39 is 16.5 Å². The average Bonchev–Trinajstić information content (AvgIpc) is 1.77. The molecule has 0 rings (SSSR count). The van der Waals surface area contributed by atoms with Crippen LogP contribution in [0.2, 0.25) is 39.3 Å². The third-order valence-electron chi connectivity index (χ3n) is 1.70. The molecule has 12 heavy (non-hydrogen) atoms. The third-order valence-corrected chi connectivity index (χ3v) is 8.91. The first-order valence-electron chi connectivity index (χ1n) is 4.45. The smallest absolute Gasteiger partial charge is 0.112 e. The van der Waals surface area contributed by atoms with Crippen LogP contribution in [0.15, 0.2) is 12.7 Å². The standard InChI is InChI=1S/C9H22NSi2/c1-8-9-10(11(2,3)4)12(5,6)7/h8-9H,1H2,2-7H3. The summed E-state index contributed by atoms with van der Waals surface area (Å²) in [5.74, 6) is 0. The van der Waals surface area contributed by atoms with Crippen molar-refractivity contribution in [3.63, 3.8) is 0 Å². The summed E-state index contributed by atoms with van der Waals surface area (Å²) in [7, 11) is -2.35. The molecule has 0 aromatic rings. The van der Waals surface area contributed by atoms with Gasteiger partial charge in [0.05, 0.1) is 0 Å². The SMILES string of the molecule is C=C[CH]N([Si](C)(C)C)[Si](C)(C)C. The molecule has 0 atom stereocenters. The van der Waals surface area contributed by atoms with E-state index >= 15 is 0 Å². The maximum Gasteiger partial charge on any atom is 0.112 e. The zero-order valence-electron chi connectivity index (χ0n) is 9.31. The van der Waals surface area contributed by atoms with Crippen LogP contribution in [0.5, 0.6) is 0 Å². The zero-order valence-corrected chi connectivity index (χ0v) is 11.3. The summed E-state index contributed by atoms with van der Waals surface area (Å²) in [6.45, 7) is 20.2. The average molecular weight is 200 g/mol. The van der Waals surface area contributed by atoms with Gasteiger partial charge in [0, 0.05) is 6.54 Å². The molecule has 0 unspecified atom stereocenters. The van der Waals surface area contributed by atoms with Crippen molar-refractivity contribution in [1.82, 2.24) is 4.23 Å². The van der Waals surface area contributed by atoms with E-state index in [1.807, 2.05) is 6.08 Å². The first-order valence-corrected chi connectivity index (χ1v) is 11.3. The lowest BCUT2D eigenvalue weighted by Gasteiger charge is -2.42. The van der Waals surface area contributed by atoms with Crippen LogP contribution in [-0.4, -0.2) is 20.7 Å². The van der Waals surface area contributed by atoms with Gasteiger partial charge in [0.15, 0.2) is 0 Å². The second-order valence-electron chi connectivity index (χ2n) is 5.10. The van der Waals surface area contributed by atoms with Crippen molar-refractivity contribution < 1.29 is 0 Å². The highest BCUT2D eigenvalue weighted by Crippen LogP contribution is 2.20. The molecule has 0 amide bonds. The number of hydrogen-bond acceptors (Lipinski definition) is 1. The van der Waals surface area contributed by atoms with Gasteiger partial charge in [-0.25, -0.2) is 0 Å². The van der Waals surface area contributed by atoms with Crippen LogP contribution in [0.3, 0.4) is 0 Å². The van der Waals surface area contributed by atoms with E-state index in [9.17, 15) is 0 Å². The lowest BCUT2D eigenvalue weighted by atomic mass is 10.7. The maximum absolute atomic E-state index is 3.77. The molecular weight excluding hydrogens is 178 g/mol. The molecule has 0 aliphatic rings. The first-order chi connectivity index (χ1) is 5.19. The van der Waals surface area contributed by atoms with E-state index in [4.69, 9.17) is 0 Å². The van der Waals surface area contributed by atoms with Gasteiger partial charge < -0.3 is 4.23 Å². The van der Waals surface area contributed by atoms with Gasteiger partial charge in [-0.05, 0) is 0 Å². The van der Waals surface area contributed by atoms with Crippen LogP contribution in [0.25, 0.3) is 0 Å². The Balaban J connectivity index is 4.56. The van der Waals surface area contributed by atoms with Crippen LogP contribution in [0, 0.1) is 6.54 Å². The maximum atomic E-state index is 3.77. The Labute approximate surface area is 79.7 Å². The largest absolute Gasteiger partial charge is 0.338 e. The van der Waals surface area contributed by atoms with Gasteiger partial charge in [-0.2, -0.15) is 0 Å². The lowest BCUT2D eigenvalue weighted by molar-refractivity contribution is 0.774. The number of hydrogen-bond donors (Lipinski definition) is 0.